The maximum absolute atomic E-state index is 5.69. The summed E-state index contributed by atoms with van der Waals surface area (Å²) < 4.78 is 10.9. The lowest BCUT2D eigenvalue weighted by Gasteiger charge is -2.09. The van der Waals surface area contributed by atoms with Crippen LogP contribution in [0.25, 0.3) is 0 Å². The fraction of sp³-hybridized carbons (Fsp3) is 0.538. The van der Waals surface area contributed by atoms with Crippen LogP contribution in [0.3, 0.4) is 0 Å². The van der Waals surface area contributed by atoms with Crippen molar-refractivity contribution in [3.63, 3.8) is 0 Å². The number of epoxide rings is 1. The SMILES string of the molecule is CCCCOc1ccc([C@@H]2CO2)cc1C. The monoisotopic (exact) mass is 206 g/mol. The number of hydrogen-bond acceptors (Lipinski definition) is 2. The Morgan fingerprint density at radius 2 is 2.27 bits per heavy atom. The quantitative estimate of drug-likeness (QED) is 0.545. The van der Waals surface area contributed by atoms with Gasteiger partial charge in [0.1, 0.15) is 11.9 Å². The van der Waals surface area contributed by atoms with Gasteiger partial charge in [0.25, 0.3) is 0 Å². The number of ether oxygens (including phenoxy) is 2. The molecule has 1 aliphatic rings. The lowest BCUT2D eigenvalue weighted by atomic mass is 10.1. The zero-order valence-electron chi connectivity index (χ0n) is 9.45. The van der Waals surface area contributed by atoms with Crippen molar-refractivity contribution in [1.29, 1.82) is 0 Å². The first-order valence-corrected chi connectivity index (χ1v) is 5.66. The van der Waals surface area contributed by atoms with Crippen LogP contribution in [0, 0.1) is 6.92 Å². The van der Waals surface area contributed by atoms with Crippen molar-refractivity contribution in [2.24, 2.45) is 0 Å². The number of unbranched alkanes of at least 4 members (excludes halogenated alkanes) is 1. The van der Waals surface area contributed by atoms with Gasteiger partial charge >= 0.3 is 0 Å². The van der Waals surface area contributed by atoms with E-state index >= 15 is 0 Å². The van der Waals surface area contributed by atoms with Crippen molar-refractivity contribution < 1.29 is 9.47 Å². The Morgan fingerprint density at radius 1 is 1.47 bits per heavy atom. The summed E-state index contributed by atoms with van der Waals surface area (Å²) in [7, 11) is 0. The second-order valence-corrected chi connectivity index (χ2v) is 4.05. The van der Waals surface area contributed by atoms with Crippen LogP contribution in [-0.4, -0.2) is 13.2 Å². The summed E-state index contributed by atoms with van der Waals surface area (Å²) in [5.74, 6) is 1.01. The van der Waals surface area contributed by atoms with Gasteiger partial charge < -0.3 is 9.47 Å². The molecule has 0 aliphatic carbocycles. The Balaban J connectivity index is 1.98. The molecule has 0 radical (unpaired) electrons. The largest absolute Gasteiger partial charge is 0.493 e. The summed E-state index contributed by atoms with van der Waals surface area (Å²) in [6, 6.07) is 6.33. The molecular weight excluding hydrogens is 188 g/mol. The van der Waals surface area contributed by atoms with E-state index in [0.717, 1.165) is 25.4 Å². The van der Waals surface area contributed by atoms with Gasteiger partial charge in [0.2, 0.25) is 0 Å². The summed E-state index contributed by atoms with van der Waals surface area (Å²) in [5.41, 5.74) is 2.48. The highest BCUT2D eigenvalue weighted by atomic mass is 16.6. The molecular formula is C13H18O2. The molecule has 1 aliphatic heterocycles. The van der Waals surface area contributed by atoms with Crippen molar-refractivity contribution in [2.45, 2.75) is 32.8 Å². The predicted molar refractivity (Wildman–Crippen MR) is 60.3 cm³/mol. The second kappa shape index (κ2) is 4.67. The zero-order valence-corrected chi connectivity index (χ0v) is 9.45. The molecule has 1 saturated heterocycles. The number of aryl methyl sites for hydroxylation is 1. The standard InChI is InChI=1S/C13H18O2/c1-3-4-7-14-12-6-5-11(8-10(12)2)13-9-15-13/h5-6,8,13H,3-4,7,9H2,1-2H3/t13-/m0/s1. The number of rotatable bonds is 5. The number of hydrogen-bond donors (Lipinski definition) is 0. The van der Waals surface area contributed by atoms with Crippen LogP contribution in [0.1, 0.15) is 37.0 Å². The fourth-order valence-electron chi connectivity index (χ4n) is 1.60. The van der Waals surface area contributed by atoms with Crippen LogP contribution in [0.4, 0.5) is 0 Å². The molecule has 0 spiro atoms. The van der Waals surface area contributed by atoms with E-state index in [4.69, 9.17) is 9.47 Å². The minimum absolute atomic E-state index is 0.341. The molecule has 0 aromatic heterocycles. The van der Waals surface area contributed by atoms with E-state index in [9.17, 15) is 0 Å². The highest BCUT2D eigenvalue weighted by Gasteiger charge is 2.24. The van der Waals surface area contributed by atoms with E-state index in [1.807, 2.05) is 0 Å². The van der Waals surface area contributed by atoms with E-state index in [2.05, 4.69) is 32.0 Å². The first kappa shape index (κ1) is 10.5. The van der Waals surface area contributed by atoms with Crippen molar-refractivity contribution in [2.75, 3.05) is 13.2 Å². The average Bonchev–Trinajstić information content (AvgIpc) is 3.04. The van der Waals surface area contributed by atoms with Crippen molar-refractivity contribution in [3.05, 3.63) is 29.3 Å². The average molecular weight is 206 g/mol. The van der Waals surface area contributed by atoms with Crippen LogP contribution in [0.15, 0.2) is 18.2 Å². The summed E-state index contributed by atoms with van der Waals surface area (Å²) >= 11 is 0. The third-order valence-corrected chi connectivity index (χ3v) is 2.66. The first-order chi connectivity index (χ1) is 7.31. The van der Waals surface area contributed by atoms with Gasteiger partial charge in [0.05, 0.1) is 13.2 Å². The molecule has 2 heteroatoms. The fourth-order valence-corrected chi connectivity index (χ4v) is 1.60. The molecule has 82 valence electrons. The molecule has 0 N–H and O–H groups in total. The minimum Gasteiger partial charge on any atom is -0.493 e. The van der Waals surface area contributed by atoms with Crippen LogP contribution in [0.2, 0.25) is 0 Å². The second-order valence-electron chi connectivity index (χ2n) is 4.05. The van der Waals surface area contributed by atoms with Crippen LogP contribution < -0.4 is 4.74 Å². The van der Waals surface area contributed by atoms with E-state index in [-0.39, 0.29) is 0 Å². The van der Waals surface area contributed by atoms with Crippen molar-refractivity contribution in [3.8, 4) is 5.75 Å². The highest BCUT2D eigenvalue weighted by Crippen LogP contribution is 2.32. The van der Waals surface area contributed by atoms with Gasteiger partial charge in [-0.25, -0.2) is 0 Å². The summed E-state index contributed by atoms with van der Waals surface area (Å²) in [6.45, 7) is 5.95. The van der Waals surface area contributed by atoms with Crippen LogP contribution in [-0.2, 0) is 4.74 Å². The lowest BCUT2D eigenvalue weighted by molar-refractivity contribution is 0.307. The summed E-state index contributed by atoms with van der Waals surface area (Å²) in [5, 5.41) is 0. The van der Waals surface area contributed by atoms with E-state index in [1.54, 1.807) is 0 Å². The summed E-state index contributed by atoms with van der Waals surface area (Å²) in [4.78, 5) is 0. The Labute approximate surface area is 91.2 Å². The van der Waals surface area contributed by atoms with Gasteiger partial charge in [-0.05, 0) is 36.6 Å². The third-order valence-electron chi connectivity index (χ3n) is 2.66. The lowest BCUT2D eigenvalue weighted by Crippen LogP contribution is -1.98. The van der Waals surface area contributed by atoms with Crippen molar-refractivity contribution in [1.82, 2.24) is 0 Å². The van der Waals surface area contributed by atoms with Gasteiger partial charge in [0, 0.05) is 0 Å². The molecule has 1 atom stereocenters. The molecule has 2 rings (SSSR count). The third kappa shape index (κ3) is 2.72. The van der Waals surface area contributed by atoms with E-state index in [0.29, 0.717) is 6.10 Å². The molecule has 1 fully saturated rings. The topological polar surface area (TPSA) is 21.8 Å². The molecule has 0 bridgehead atoms. The zero-order chi connectivity index (χ0) is 10.7. The van der Waals surface area contributed by atoms with Gasteiger partial charge in [0.15, 0.2) is 0 Å². The molecule has 15 heavy (non-hydrogen) atoms. The van der Waals surface area contributed by atoms with Crippen LogP contribution >= 0.6 is 0 Å². The Morgan fingerprint density at radius 3 is 2.87 bits per heavy atom. The maximum atomic E-state index is 5.69. The summed E-state index contributed by atoms with van der Waals surface area (Å²) in [6.07, 6.45) is 2.63. The van der Waals surface area contributed by atoms with Gasteiger partial charge in [-0.2, -0.15) is 0 Å². The van der Waals surface area contributed by atoms with Gasteiger partial charge in [-0.1, -0.05) is 19.4 Å². The maximum Gasteiger partial charge on any atom is 0.122 e. The Hall–Kier alpha value is -1.02. The smallest absolute Gasteiger partial charge is 0.122 e. The predicted octanol–water partition coefficient (Wildman–Crippen LogP) is 3.25. The van der Waals surface area contributed by atoms with E-state index in [1.165, 1.54) is 17.5 Å². The van der Waals surface area contributed by atoms with Crippen molar-refractivity contribution >= 4 is 0 Å². The molecule has 1 aromatic carbocycles. The van der Waals surface area contributed by atoms with E-state index < -0.39 is 0 Å². The molecule has 0 amide bonds. The highest BCUT2D eigenvalue weighted by molar-refractivity contribution is 5.37. The Kier molecular flexibility index (Phi) is 3.27. The minimum atomic E-state index is 0.341. The molecule has 1 heterocycles. The molecule has 1 aromatic rings. The van der Waals surface area contributed by atoms with Gasteiger partial charge in [-0.15, -0.1) is 0 Å². The molecule has 0 unspecified atom stereocenters. The molecule has 2 nitrogen and oxygen atoms in total. The number of benzene rings is 1. The van der Waals surface area contributed by atoms with Crippen LogP contribution in [0.5, 0.6) is 5.75 Å². The molecule has 0 saturated carbocycles. The Bertz CT molecular complexity index is 329. The first-order valence-electron chi connectivity index (χ1n) is 5.66. The normalized spacial score (nSPS) is 18.9. The van der Waals surface area contributed by atoms with Gasteiger partial charge in [-0.3, -0.25) is 0 Å².